The van der Waals surface area contributed by atoms with Crippen molar-refractivity contribution in [2.45, 2.75) is 32.4 Å². The number of carbonyl (C=O) groups is 1. The van der Waals surface area contributed by atoms with Gasteiger partial charge in [0.15, 0.2) is 0 Å². The molecular formula is C12H15FN2O2. The molecule has 0 saturated heterocycles. The highest BCUT2D eigenvalue weighted by Gasteiger charge is 2.47. The number of halogens is 1. The van der Waals surface area contributed by atoms with Gasteiger partial charge in [0.25, 0.3) is 5.91 Å². The van der Waals surface area contributed by atoms with Crippen LogP contribution in [0.4, 0.5) is 4.39 Å². The van der Waals surface area contributed by atoms with E-state index in [-0.39, 0.29) is 23.5 Å². The molecule has 0 spiro atoms. The fraction of sp³-hybridized carbons (Fsp3) is 0.500. The van der Waals surface area contributed by atoms with Gasteiger partial charge in [0, 0.05) is 17.7 Å². The summed E-state index contributed by atoms with van der Waals surface area (Å²) in [5.41, 5.74) is 0.00642. The Hall–Kier alpha value is -1.49. The number of rotatable bonds is 2. The normalized spacial score (nSPS) is 26.1. The lowest BCUT2D eigenvalue weighted by molar-refractivity contribution is -0.0689. The molecule has 2 rings (SSSR count). The van der Waals surface area contributed by atoms with Crippen LogP contribution >= 0.6 is 0 Å². The summed E-state index contributed by atoms with van der Waals surface area (Å²) >= 11 is 0. The van der Waals surface area contributed by atoms with Gasteiger partial charge in [-0.2, -0.15) is 4.39 Å². The SMILES string of the molecule is CC1(C)C(O)CC1NC(=O)c1ccc(F)nc1. The van der Waals surface area contributed by atoms with Crippen molar-refractivity contribution in [3.63, 3.8) is 0 Å². The van der Waals surface area contributed by atoms with Crippen LogP contribution in [0.5, 0.6) is 0 Å². The summed E-state index contributed by atoms with van der Waals surface area (Å²) < 4.78 is 12.6. The smallest absolute Gasteiger partial charge is 0.253 e. The van der Waals surface area contributed by atoms with Crippen LogP contribution in [-0.2, 0) is 0 Å². The van der Waals surface area contributed by atoms with Crippen molar-refractivity contribution in [1.29, 1.82) is 0 Å². The van der Waals surface area contributed by atoms with E-state index in [2.05, 4.69) is 10.3 Å². The maximum absolute atomic E-state index is 12.6. The second-order valence-electron chi connectivity index (χ2n) is 4.97. The van der Waals surface area contributed by atoms with E-state index in [1.54, 1.807) is 0 Å². The molecule has 1 aromatic heterocycles. The van der Waals surface area contributed by atoms with E-state index in [0.717, 1.165) is 6.07 Å². The summed E-state index contributed by atoms with van der Waals surface area (Å²) in [6.07, 6.45) is 1.36. The quantitative estimate of drug-likeness (QED) is 0.759. The van der Waals surface area contributed by atoms with E-state index in [1.807, 2.05) is 13.8 Å². The van der Waals surface area contributed by atoms with Crippen LogP contribution < -0.4 is 5.32 Å². The third kappa shape index (κ3) is 2.15. The van der Waals surface area contributed by atoms with Crippen LogP contribution in [0.3, 0.4) is 0 Å². The van der Waals surface area contributed by atoms with Gasteiger partial charge in [0.2, 0.25) is 5.95 Å². The van der Waals surface area contributed by atoms with Crippen LogP contribution in [-0.4, -0.2) is 28.1 Å². The van der Waals surface area contributed by atoms with Crippen molar-refractivity contribution >= 4 is 5.91 Å². The number of nitrogens with one attached hydrogen (secondary N) is 1. The molecule has 1 heterocycles. The third-order valence-corrected chi connectivity index (χ3v) is 3.51. The average Bonchev–Trinajstić information content (AvgIpc) is 2.29. The van der Waals surface area contributed by atoms with Crippen molar-refractivity contribution < 1.29 is 14.3 Å². The maximum atomic E-state index is 12.6. The molecule has 2 N–H and O–H groups in total. The second kappa shape index (κ2) is 4.07. The van der Waals surface area contributed by atoms with E-state index in [4.69, 9.17) is 0 Å². The van der Waals surface area contributed by atoms with Crippen LogP contribution in [0.15, 0.2) is 18.3 Å². The minimum atomic E-state index is -0.610. The van der Waals surface area contributed by atoms with E-state index in [9.17, 15) is 14.3 Å². The van der Waals surface area contributed by atoms with Crippen LogP contribution in [0.1, 0.15) is 30.6 Å². The summed E-state index contributed by atoms with van der Waals surface area (Å²) in [4.78, 5) is 15.2. The van der Waals surface area contributed by atoms with Crippen molar-refractivity contribution in [2.24, 2.45) is 5.41 Å². The summed E-state index contributed by atoms with van der Waals surface area (Å²) in [5, 5.41) is 12.4. The zero-order chi connectivity index (χ0) is 12.6. The average molecular weight is 238 g/mol. The van der Waals surface area contributed by atoms with Crippen molar-refractivity contribution in [1.82, 2.24) is 10.3 Å². The molecule has 92 valence electrons. The van der Waals surface area contributed by atoms with E-state index < -0.39 is 5.95 Å². The van der Waals surface area contributed by atoms with Gasteiger partial charge in [-0.15, -0.1) is 0 Å². The van der Waals surface area contributed by atoms with Gasteiger partial charge in [-0.25, -0.2) is 4.98 Å². The number of aliphatic hydroxyl groups is 1. The lowest BCUT2D eigenvalue weighted by atomic mass is 9.64. The van der Waals surface area contributed by atoms with Gasteiger partial charge in [-0.05, 0) is 18.6 Å². The maximum Gasteiger partial charge on any atom is 0.253 e. The summed E-state index contributed by atoms with van der Waals surface area (Å²) in [6.45, 7) is 3.80. The highest BCUT2D eigenvalue weighted by molar-refractivity contribution is 5.94. The molecule has 0 bridgehead atoms. The lowest BCUT2D eigenvalue weighted by Gasteiger charge is -2.49. The second-order valence-corrected chi connectivity index (χ2v) is 4.97. The first-order valence-electron chi connectivity index (χ1n) is 5.51. The minimum absolute atomic E-state index is 0.0601. The Kier molecular flexibility index (Phi) is 2.87. The summed E-state index contributed by atoms with van der Waals surface area (Å²) in [7, 11) is 0. The monoisotopic (exact) mass is 238 g/mol. The summed E-state index contributed by atoms with van der Waals surface area (Å²) in [6, 6.07) is 2.48. The number of nitrogens with zero attached hydrogens (tertiary/aromatic N) is 1. The fourth-order valence-corrected chi connectivity index (χ4v) is 1.90. The first-order valence-corrected chi connectivity index (χ1v) is 5.51. The number of aromatic nitrogens is 1. The largest absolute Gasteiger partial charge is 0.392 e. The predicted molar refractivity (Wildman–Crippen MR) is 59.9 cm³/mol. The molecule has 1 saturated carbocycles. The number of pyridine rings is 1. The molecule has 0 radical (unpaired) electrons. The van der Waals surface area contributed by atoms with Gasteiger partial charge in [-0.3, -0.25) is 4.79 Å². The van der Waals surface area contributed by atoms with E-state index >= 15 is 0 Å². The molecule has 1 aromatic rings. The first-order chi connectivity index (χ1) is 7.91. The first kappa shape index (κ1) is 12.0. The fourth-order valence-electron chi connectivity index (χ4n) is 1.90. The zero-order valence-electron chi connectivity index (χ0n) is 9.77. The van der Waals surface area contributed by atoms with Crippen molar-refractivity contribution in [3.05, 3.63) is 29.8 Å². The molecule has 2 unspecified atom stereocenters. The summed E-state index contributed by atoms with van der Waals surface area (Å²) in [5.74, 6) is -0.900. The number of hydrogen-bond acceptors (Lipinski definition) is 3. The third-order valence-electron chi connectivity index (χ3n) is 3.51. The van der Waals surface area contributed by atoms with Crippen molar-refractivity contribution in [2.75, 3.05) is 0 Å². The Morgan fingerprint density at radius 2 is 2.29 bits per heavy atom. The molecule has 1 aliphatic carbocycles. The molecule has 0 aliphatic heterocycles. The van der Waals surface area contributed by atoms with Crippen LogP contribution in [0.2, 0.25) is 0 Å². The molecule has 1 amide bonds. The molecule has 0 aromatic carbocycles. The Balaban J connectivity index is 2.01. The van der Waals surface area contributed by atoms with E-state index in [1.165, 1.54) is 12.3 Å². The standard InChI is InChI=1S/C12H15FN2O2/c1-12(2)8(5-9(12)16)15-11(17)7-3-4-10(13)14-6-7/h3-4,6,8-9,16H,5H2,1-2H3,(H,15,17). The van der Waals surface area contributed by atoms with E-state index in [0.29, 0.717) is 12.0 Å². The van der Waals surface area contributed by atoms with Gasteiger partial charge in [0.05, 0.1) is 11.7 Å². The number of carbonyl (C=O) groups excluding carboxylic acids is 1. The molecular weight excluding hydrogens is 223 g/mol. The molecule has 4 nitrogen and oxygen atoms in total. The number of aliphatic hydroxyl groups excluding tert-OH is 1. The van der Waals surface area contributed by atoms with Crippen LogP contribution in [0.25, 0.3) is 0 Å². The van der Waals surface area contributed by atoms with Gasteiger partial charge >= 0.3 is 0 Å². The Morgan fingerprint density at radius 3 is 2.76 bits per heavy atom. The topological polar surface area (TPSA) is 62.2 Å². The Labute approximate surface area is 98.9 Å². The number of amides is 1. The molecule has 5 heteroatoms. The molecule has 2 atom stereocenters. The lowest BCUT2D eigenvalue weighted by Crippen LogP contribution is -2.61. The molecule has 1 aliphatic rings. The molecule has 17 heavy (non-hydrogen) atoms. The Bertz CT molecular complexity index is 431. The number of hydrogen-bond donors (Lipinski definition) is 2. The highest BCUT2D eigenvalue weighted by Crippen LogP contribution is 2.40. The van der Waals surface area contributed by atoms with Crippen molar-refractivity contribution in [3.8, 4) is 0 Å². The van der Waals surface area contributed by atoms with Gasteiger partial charge < -0.3 is 10.4 Å². The van der Waals surface area contributed by atoms with Gasteiger partial charge in [-0.1, -0.05) is 13.8 Å². The Morgan fingerprint density at radius 1 is 1.59 bits per heavy atom. The highest BCUT2D eigenvalue weighted by atomic mass is 19.1. The zero-order valence-corrected chi connectivity index (χ0v) is 9.77. The van der Waals surface area contributed by atoms with Crippen LogP contribution in [0, 0.1) is 11.4 Å². The predicted octanol–water partition coefficient (Wildman–Crippen LogP) is 1.11. The molecule has 1 fully saturated rings. The minimum Gasteiger partial charge on any atom is -0.392 e. The van der Waals surface area contributed by atoms with Gasteiger partial charge in [0.1, 0.15) is 0 Å².